The van der Waals surface area contributed by atoms with Crippen LogP contribution in [0, 0.1) is 5.41 Å². The van der Waals surface area contributed by atoms with Crippen molar-refractivity contribution < 1.29 is 19.3 Å². The molecule has 1 aromatic rings. The Bertz CT molecular complexity index is 387. The van der Waals surface area contributed by atoms with Gasteiger partial charge in [0.25, 0.3) is 0 Å². The predicted molar refractivity (Wildman–Crippen MR) is 74.8 cm³/mol. The molecule has 0 bridgehead atoms. The molecule has 0 aliphatic carbocycles. The van der Waals surface area contributed by atoms with Gasteiger partial charge in [0.2, 0.25) is 0 Å². The lowest BCUT2D eigenvalue weighted by Gasteiger charge is -2.34. The molecule has 4 heteroatoms. The minimum Gasteiger partial charge on any atom is -0.496 e. The molecule has 0 fully saturated rings. The van der Waals surface area contributed by atoms with Crippen LogP contribution in [-0.4, -0.2) is 32.5 Å². The minimum absolute atomic E-state index is 0.208. The fraction of sp³-hybridized carbons (Fsp3) is 0.600. The number of benzene rings is 1. The van der Waals surface area contributed by atoms with Crippen LogP contribution >= 0.6 is 0 Å². The van der Waals surface area contributed by atoms with Crippen molar-refractivity contribution in [3.05, 3.63) is 23.8 Å². The summed E-state index contributed by atoms with van der Waals surface area (Å²) in [5.74, 6) is 1.19. The van der Waals surface area contributed by atoms with Crippen LogP contribution in [0.15, 0.2) is 18.2 Å². The van der Waals surface area contributed by atoms with Gasteiger partial charge in [0.15, 0.2) is 0 Å². The SMILES string of the molecule is COc1cccc(OC)c1C(O)C(OC)C(C)(C)C. The van der Waals surface area contributed by atoms with Crippen molar-refractivity contribution in [1.29, 1.82) is 0 Å². The number of aliphatic hydroxyl groups excluding tert-OH is 1. The van der Waals surface area contributed by atoms with Gasteiger partial charge in [0.05, 0.1) is 25.9 Å². The van der Waals surface area contributed by atoms with Crippen molar-refractivity contribution in [2.45, 2.75) is 33.0 Å². The van der Waals surface area contributed by atoms with Crippen LogP contribution in [0.25, 0.3) is 0 Å². The first kappa shape index (κ1) is 15.8. The molecule has 2 atom stereocenters. The molecule has 0 aliphatic heterocycles. The van der Waals surface area contributed by atoms with Crippen molar-refractivity contribution in [2.24, 2.45) is 5.41 Å². The van der Waals surface area contributed by atoms with Gasteiger partial charge in [-0.25, -0.2) is 0 Å². The van der Waals surface area contributed by atoms with E-state index in [4.69, 9.17) is 14.2 Å². The molecule has 0 spiro atoms. The highest BCUT2D eigenvalue weighted by atomic mass is 16.5. The molecule has 1 rings (SSSR count). The fourth-order valence-electron chi connectivity index (χ4n) is 2.28. The van der Waals surface area contributed by atoms with E-state index in [9.17, 15) is 5.11 Å². The Labute approximate surface area is 115 Å². The Morgan fingerprint density at radius 1 is 1.00 bits per heavy atom. The molecule has 0 amide bonds. The van der Waals surface area contributed by atoms with Crippen molar-refractivity contribution in [3.8, 4) is 11.5 Å². The van der Waals surface area contributed by atoms with E-state index < -0.39 is 6.10 Å². The van der Waals surface area contributed by atoms with E-state index >= 15 is 0 Å². The smallest absolute Gasteiger partial charge is 0.128 e. The molecular formula is C15H24O4. The molecular weight excluding hydrogens is 244 g/mol. The van der Waals surface area contributed by atoms with Crippen molar-refractivity contribution >= 4 is 0 Å². The van der Waals surface area contributed by atoms with E-state index in [1.54, 1.807) is 33.5 Å². The van der Waals surface area contributed by atoms with E-state index in [-0.39, 0.29) is 11.5 Å². The van der Waals surface area contributed by atoms with E-state index in [1.165, 1.54) is 0 Å². The summed E-state index contributed by atoms with van der Waals surface area (Å²) < 4.78 is 16.1. The lowest BCUT2D eigenvalue weighted by atomic mass is 9.83. The normalized spacial score (nSPS) is 14.9. The fourth-order valence-corrected chi connectivity index (χ4v) is 2.28. The number of rotatable bonds is 5. The van der Waals surface area contributed by atoms with Gasteiger partial charge in [-0.15, -0.1) is 0 Å². The summed E-state index contributed by atoms with van der Waals surface area (Å²) in [5.41, 5.74) is 0.411. The van der Waals surface area contributed by atoms with E-state index in [1.807, 2.05) is 26.8 Å². The summed E-state index contributed by atoms with van der Waals surface area (Å²) >= 11 is 0. The van der Waals surface area contributed by atoms with E-state index in [0.29, 0.717) is 17.1 Å². The van der Waals surface area contributed by atoms with Crippen LogP contribution in [-0.2, 0) is 4.74 Å². The highest BCUT2D eigenvalue weighted by Crippen LogP contribution is 2.40. The highest BCUT2D eigenvalue weighted by Gasteiger charge is 2.35. The highest BCUT2D eigenvalue weighted by molar-refractivity contribution is 5.46. The van der Waals surface area contributed by atoms with Crippen LogP contribution in [0.5, 0.6) is 11.5 Å². The molecule has 19 heavy (non-hydrogen) atoms. The average Bonchev–Trinajstić information content (AvgIpc) is 2.36. The largest absolute Gasteiger partial charge is 0.496 e. The summed E-state index contributed by atoms with van der Waals surface area (Å²) in [5, 5.41) is 10.7. The van der Waals surface area contributed by atoms with Crippen LogP contribution in [0.1, 0.15) is 32.4 Å². The van der Waals surface area contributed by atoms with Crippen LogP contribution in [0.2, 0.25) is 0 Å². The second-order valence-electron chi connectivity index (χ2n) is 5.54. The standard InChI is InChI=1S/C15H24O4/c1-15(2,3)14(19-6)13(16)12-10(17-4)8-7-9-11(12)18-5/h7-9,13-14,16H,1-6H3. The molecule has 4 nitrogen and oxygen atoms in total. The molecule has 0 radical (unpaired) electrons. The Hall–Kier alpha value is -1.26. The number of hydrogen-bond acceptors (Lipinski definition) is 4. The van der Waals surface area contributed by atoms with Crippen LogP contribution in [0.4, 0.5) is 0 Å². The molecule has 2 unspecified atom stereocenters. The maximum atomic E-state index is 10.7. The Morgan fingerprint density at radius 2 is 1.47 bits per heavy atom. The van der Waals surface area contributed by atoms with Crippen molar-refractivity contribution in [3.63, 3.8) is 0 Å². The lowest BCUT2D eigenvalue weighted by Crippen LogP contribution is -2.34. The van der Waals surface area contributed by atoms with Gasteiger partial charge in [0, 0.05) is 7.11 Å². The van der Waals surface area contributed by atoms with Crippen molar-refractivity contribution in [1.82, 2.24) is 0 Å². The van der Waals surface area contributed by atoms with Crippen LogP contribution < -0.4 is 9.47 Å². The molecule has 1 N–H and O–H groups in total. The summed E-state index contributed by atoms with van der Waals surface area (Å²) in [6.07, 6.45) is -1.19. The Morgan fingerprint density at radius 3 is 1.79 bits per heavy atom. The maximum absolute atomic E-state index is 10.7. The average molecular weight is 268 g/mol. The van der Waals surface area contributed by atoms with Gasteiger partial charge < -0.3 is 19.3 Å². The third-order valence-electron chi connectivity index (χ3n) is 3.16. The van der Waals surface area contributed by atoms with Gasteiger partial charge in [-0.3, -0.25) is 0 Å². The number of hydrogen-bond donors (Lipinski definition) is 1. The van der Waals surface area contributed by atoms with Gasteiger partial charge in [-0.1, -0.05) is 26.8 Å². The monoisotopic (exact) mass is 268 g/mol. The minimum atomic E-state index is -0.823. The summed E-state index contributed by atoms with van der Waals surface area (Å²) in [6, 6.07) is 5.43. The number of ether oxygens (including phenoxy) is 3. The maximum Gasteiger partial charge on any atom is 0.128 e. The topological polar surface area (TPSA) is 47.9 Å². The molecule has 0 aliphatic rings. The van der Waals surface area contributed by atoms with Gasteiger partial charge >= 0.3 is 0 Å². The van der Waals surface area contributed by atoms with E-state index in [0.717, 1.165) is 0 Å². The molecule has 0 saturated carbocycles. The first-order valence-electron chi connectivity index (χ1n) is 6.28. The third-order valence-corrected chi connectivity index (χ3v) is 3.16. The summed E-state index contributed by atoms with van der Waals surface area (Å²) in [6.45, 7) is 6.06. The quantitative estimate of drug-likeness (QED) is 0.892. The zero-order valence-electron chi connectivity index (χ0n) is 12.6. The first-order chi connectivity index (χ1) is 8.86. The zero-order chi connectivity index (χ0) is 14.6. The number of aliphatic hydroxyl groups is 1. The van der Waals surface area contributed by atoms with Gasteiger partial charge in [-0.2, -0.15) is 0 Å². The van der Waals surface area contributed by atoms with Crippen molar-refractivity contribution in [2.75, 3.05) is 21.3 Å². The molecule has 0 heterocycles. The second kappa shape index (κ2) is 6.26. The predicted octanol–water partition coefficient (Wildman–Crippen LogP) is 2.80. The number of methoxy groups -OCH3 is 3. The molecule has 1 aromatic carbocycles. The van der Waals surface area contributed by atoms with E-state index in [2.05, 4.69) is 0 Å². The molecule has 0 aromatic heterocycles. The Balaban J connectivity index is 3.27. The van der Waals surface area contributed by atoms with Gasteiger partial charge in [-0.05, 0) is 17.5 Å². The third kappa shape index (κ3) is 3.39. The second-order valence-corrected chi connectivity index (χ2v) is 5.54. The Kier molecular flexibility index (Phi) is 5.20. The van der Waals surface area contributed by atoms with Crippen LogP contribution in [0.3, 0.4) is 0 Å². The van der Waals surface area contributed by atoms with Gasteiger partial charge in [0.1, 0.15) is 17.6 Å². The zero-order valence-corrected chi connectivity index (χ0v) is 12.6. The lowest BCUT2D eigenvalue weighted by molar-refractivity contribution is -0.0737. The summed E-state index contributed by atoms with van der Waals surface area (Å²) in [4.78, 5) is 0. The molecule has 108 valence electrons. The first-order valence-corrected chi connectivity index (χ1v) is 6.28. The summed E-state index contributed by atoms with van der Waals surface area (Å²) in [7, 11) is 4.74. The molecule has 0 saturated heterocycles.